The molecule has 2 aromatic carbocycles. The highest BCUT2D eigenvalue weighted by Crippen LogP contribution is 2.23. The van der Waals surface area contributed by atoms with Gasteiger partial charge in [-0.05, 0) is 80.4 Å². The Morgan fingerprint density at radius 2 is 1.88 bits per heavy atom. The minimum absolute atomic E-state index is 0.204. The van der Waals surface area contributed by atoms with Gasteiger partial charge < -0.3 is 21.4 Å². The van der Waals surface area contributed by atoms with Gasteiger partial charge in [-0.3, -0.25) is 0 Å². The molecule has 0 radical (unpaired) electrons. The number of nitrogens with two attached hydrogens (primary N) is 1. The van der Waals surface area contributed by atoms with Crippen molar-refractivity contribution < 1.29 is 8.42 Å². The molecule has 0 saturated carbocycles. The van der Waals surface area contributed by atoms with Crippen LogP contribution < -0.4 is 15.8 Å². The first-order valence-electron chi connectivity index (χ1n) is 11.1. The smallest absolute Gasteiger partial charge is 0.247 e. The van der Waals surface area contributed by atoms with Crippen LogP contribution in [0.25, 0.3) is 16.6 Å². The predicted octanol–water partition coefficient (Wildman–Crippen LogP) is 2.40. The van der Waals surface area contributed by atoms with E-state index in [1.54, 1.807) is 30.3 Å². The average molecular weight is 481 g/mol. The van der Waals surface area contributed by atoms with Crippen LogP contribution in [0.2, 0.25) is 0 Å². The molecule has 0 atom stereocenters. The molecule has 1 aromatic heterocycles. The molecule has 10 nitrogen and oxygen atoms in total. The maximum absolute atomic E-state index is 12.6. The third-order valence-corrected chi connectivity index (χ3v) is 7.26. The summed E-state index contributed by atoms with van der Waals surface area (Å²) in [7, 11) is -3.57. The van der Waals surface area contributed by atoms with Crippen LogP contribution >= 0.6 is 0 Å². The van der Waals surface area contributed by atoms with Crippen molar-refractivity contribution >= 4 is 44.5 Å². The average Bonchev–Trinajstić information content (AvgIpc) is 3.34. The van der Waals surface area contributed by atoms with Crippen molar-refractivity contribution in [3.8, 4) is 0 Å². The van der Waals surface area contributed by atoms with E-state index in [9.17, 15) is 8.42 Å². The number of allylic oxidation sites excluding steroid dienone is 1. The molecule has 4 rings (SSSR count). The van der Waals surface area contributed by atoms with Gasteiger partial charge in [-0.1, -0.05) is 0 Å². The Hall–Kier alpha value is -3.41. The maximum atomic E-state index is 12.6. The highest BCUT2D eigenvalue weighted by atomic mass is 32.2. The molecule has 1 aliphatic rings. The number of hydrogen-bond acceptors (Lipinski definition) is 9. The van der Waals surface area contributed by atoms with Gasteiger partial charge in [-0.25, -0.2) is 18.1 Å². The quantitative estimate of drug-likeness (QED) is 0.341. The number of anilines is 2. The van der Waals surface area contributed by atoms with Gasteiger partial charge in [0, 0.05) is 36.8 Å². The van der Waals surface area contributed by atoms with Crippen LogP contribution in [-0.4, -0.2) is 60.9 Å². The zero-order valence-corrected chi connectivity index (χ0v) is 19.8. The number of aryl methyl sites for hydroxylation is 1. The number of hydrogen-bond donors (Lipinski definition) is 4. The summed E-state index contributed by atoms with van der Waals surface area (Å²) in [6, 6.07) is 10.1. The van der Waals surface area contributed by atoms with Crippen molar-refractivity contribution in [3.05, 3.63) is 53.7 Å². The number of rotatable bonds is 9. The van der Waals surface area contributed by atoms with E-state index in [-0.39, 0.29) is 4.90 Å². The highest BCUT2D eigenvalue weighted by Gasteiger charge is 2.16. The molecular formula is C23H28N8O2S. The lowest BCUT2D eigenvalue weighted by Crippen LogP contribution is -2.33. The van der Waals surface area contributed by atoms with Gasteiger partial charge in [-0.2, -0.15) is 0 Å². The number of aromatic nitrogens is 3. The molecule has 11 heteroatoms. The van der Waals surface area contributed by atoms with Crippen LogP contribution in [0.15, 0.2) is 47.5 Å². The van der Waals surface area contributed by atoms with E-state index in [4.69, 9.17) is 11.1 Å². The highest BCUT2D eigenvalue weighted by molar-refractivity contribution is 7.89. The molecule has 34 heavy (non-hydrogen) atoms. The normalized spacial score (nSPS) is 15.0. The van der Waals surface area contributed by atoms with Crippen LogP contribution in [0.4, 0.5) is 11.6 Å². The fraction of sp³-hybridized carbons (Fsp3) is 0.304. The molecule has 0 aliphatic carbocycles. The third kappa shape index (κ3) is 5.38. The second-order valence-corrected chi connectivity index (χ2v) is 9.92. The molecule has 2 heterocycles. The van der Waals surface area contributed by atoms with E-state index in [0.29, 0.717) is 34.8 Å². The number of nitrogens with zero attached hydrogens (tertiary/aromatic N) is 4. The summed E-state index contributed by atoms with van der Waals surface area (Å²) in [5.74, 6) is 0.292. The molecule has 0 amide bonds. The number of benzene rings is 2. The van der Waals surface area contributed by atoms with Gasteiger partial charge in [0.25, 0.3) is 0 Å². The van der Waals surface area contributed by atoms with E-state index in [2.05, 4.69) is 30.1 Å². The lowest BCUT2D eigenvalue weighted by Gasteiger charge is -2.15. The number of nitrogens with one attached hydrogen (secondary N) is 3. The van der Waals surface area contributed by atoms with E-state index >= 15 is 0 Å². The minimum atomic E-state index is -3.57. The Morgan fingerprint density at radius 1 is 1.15 bits per heavy atom. The van der Waals surface area contributed by atoms with Crippen LogP contribution in [-0.2, 0) is 10.0 Å². The van der Waals surface area contributed by atoms with Crippen molar-refractivity contribution in [2.24, 2.45) is 5.73 Å². The molecule has 5 N–H and O–H groups in total. The Bertz CT molecular complexity index is 1320. The Kier molecular flexibility index (Phi) is 7.15. The fourth-order valence-electron chi connectivity index (χ4n) is 3.94. The number of sulfonamides is 1. The van der Waals surface area contributed by atoms with Gasteiger partial charge in [0.1, 0.15) is 5.52 Å². The molecule has 0 unspecified atom stereocenters. The van der Waals surface area contributed by atoms with Crippen molar-refractivity contribution in [2.45, 2.75) is 24.7 Å². The SMILES string of the molecule is Cc1cc2nc(Nc3ccc(S(=O)(=O)NCCN4CCCC4)cc3)nnc2cc1/C(C=N)=C/N. The van der Waals surface area contributed by atoms with Crippen LogP contribution in [0.5, 0.6) is 0 Å². The number of fused-ring (bicyclic) bond motifs is 1. The second kappa shape index (κ2) is 10.2. The monoisotopic (exact) mass is 480 g/mol. The zero-order valence-electron chi connectivity index (χ0n) is 19.0. The Balaban J connectivity index is 1.44. The zero-order chi connectivity index (χ0) is 24.1. The minimum Gasteiger partial charge on any atom is -0.404 e. The summed E-state index contributed by atoms with van der Waals surface area (Å²) in [6.45, 7) is 5.09. The predicted molar refractivity (Wildman–Crippen MR) is 134 cm³/mol. The summed E-state index contributed by atoms with van der Waals surface area (Å²) in [5.41, 5.74) is 9.76. The number of likely N-dealkylation sites (tertiary alicyclic amines) is 1. The molecule has 178 valence electrons. The molecular weight excluding hydrogens is 452 g/mol. The van der Waals surface area contributed by atoms with E-state index in [1.807, 2.05) is 13.0 Å². The van der Waals surface area contributed by atoms with E-state index in [0.717, 1.165) is 30.8 Å². The lowest BCUT2D eigenvalue weighted by molar-refractivity contribution is 0.344. The first-order chi connectivity index (χ1) is 16.4. The van der Waals surface area contributed by atoms with Crippen molar-refractivity contribution in [1.82, 2.24) is 24.8 Å². The molecule has 0 spiro atoms. The molecule has 0 bridgehead atoms. The molecule has 1 fully saturated rings. The third-order valence-electron chi connectivity index (χ3n) is 5.79. The van der Waals surface area contributed by atoms with Gasteiger partial charge >= 0.3 is 0 Å². The van der Waals surface area contributed by atoms with Gasteiger partial charge in [0.2, 0.25) is 16.0 Å². The van der Waals surface area contributed by atoms with Crippen LogP contribution in [0.1, 0.15) is 24.0 Å². The summed E-state index contributed by atoms with van der Waals surface area (Å²) in [4.78, 5) is 6.97. The van der Waals surface area contributed by atoms with Crippen molar-refractivity contribution in [1.29, 1.82) is 5.41 Å². The maximum Gasteiger partial charge on any atom is 0.247 e. The summed E-state index contributed by atoms with van der Waals surface area (Å²) < 4.78 is 27.8. The first-order valence-corrected chi connectivity index (χ1v) is 12.5. The van der Waals surface area contributed by atoms with Crippen LogP contribution in [0.3, 0.4) is 0 Å². The standard InChI is InChI=1S/C23H28N8O2S/c1-16-12-21-22(13-20(16)17(14-24)15-25)29-30-23(28-21)27-18-4-6-19(7-5-18)34(32,33)26-8-11-31-9-2-3-10-31/h4-7,12-15,24,26H,2-3,8-11,25H2,1H3,(H,27,28,30)/b17-15+,24-14?. The largest absolute Gasteiger partial charge is 0.404 e. The summed E-state index contributed by atoms with van der Waals surface area (Å²) in [6.07, 6.45) is 4.92. The molecule has 1 saturated heterocycles. The summed E-state index contributed by atoms with van der Waals surface area (Å²) in [5, 5.41) is 18.9. The molecule has 1 aliphatic heterocycles. The molecule has 3 aromatic rings. The second-order valence-electron chi connectivity index (χ2n) is 8.15. The fourth-order valence-corrected chi connectivity index (χ4v) is 4.96. The van der Waals surface area contributed by atoms with Gasteiger partial charge in [-0.15, -0.1) is 10.2 Å². The van der Waals surface area contributed by atoms with E-state index < -0.39 is 10.0 Å². The van der Waals surface area contributed by atoms with Gasteiger partial charge in [0.05, 0.1) is 10.4 Å². The van der Waals surface area contributed by atoms with E-state index in [1.165, 1.54) is 25.3 Å². The lowest BCUT2D eigenvalue weighted by atomic mass is 10.0. The Morgan fingerprint density at radius 3 is 2.56 bits per heavy atom. The summed E-state index contributed by atoms with van der Waals surface area (Å²) >= 11 is 0. The van der Waals surface area contributed by atoms with Crippen molar-refractivity contribution in [2.75, 3.05) is 31.5 Å². The topological polar surface area (TPSA) is 150 Å². The van der Waals surface area contributed by atoms with Gasteiger partial charge in [0.15, 0.2) is 0 Å². The first kappa shape index (κ1) is 23.7. The van der Waals surface area contributed by atoms with Crippen LogP contribution in [0, 0.1) is 12.3 Å². The Labute approximate surface area is 198 Å². The van der Waals surface area contributed by atoms with Crippen molar-refractivity contribution in [3.63, 3.8) is 0 Å².